The van der Waals surface area contributed by atoms with Crippen LogP contribution in [0.5, 0.6) is 0 Å². The van der Waals surface area contributed by atoms with Crippen LogP contribution in [0.2, 0.25) is 0 Å². The molecule has 0 fully saturated rings. The zero-order valence-corrected chi connectivity index (χ0v) is 17.1. The summed E-state index contributed by atoms with van der Waals surface area (Å²) in [6, 6.07) is 15.0. The number of nitrogens with one attached hydrogen (secondary N) is 1. The lowest BCUT2D eigenvalue weighted by Crippen LogP contribution is -2.29. The van der Waals surface area contributed by atoms with Crippen molar-refractivity contribution in [3.63, 3.8) is 0 Å². The van der Waals surface area contributed by atoms with Crippen LogP contribution in [0.4, 0.5) is 0 Å². The molecule has 142 valence electrons. The molecular weight excluding hydrogens is 346 g/mol. The lowest BCUT2D eigenvalue weighted by atomic mass is 9.86. The number of hydrogen-bond donors (Lipinski definition) is 1. The number of sulfonamides is 1. The van der Waals surface area contributed by atoms with Crippen LogP contribution >= 0.6 is 0 Å². The van der Waals surface area contributed by atoms with Crippen molar-refractivity contribution in [3.8, 4) is 0 Å². The Kier molecular flexibility index (Phi) is 6.61. The number of benzene rings is 2. The fourth-order valence-corrected chi connectivity index (χ4v) is 3.69. The summed E-state index contributed by atoms with van der Waals surface area (Å²) in [6.45, 7) is 11.0. The number of ether oxygens (including phenoxy) is 1. The zero-order chi connectivity index (χ0) is 19.4. The van der Waals surface area contributed by atoms with E-state index in [2.05, 4.69) is 37.6 Å². The topological polar surface area (TPSA) is 55.4 Å². The van der Waals surface area contributed by atoms with E-state index in [1.807, 2.05) is 26.0 Å². The summed E-state index contributed by atoms with van der Waals surface area (Å²) in [5, 5.41) is 0. The van der Waals surface area contributed by atoms with Gasteiger partial charge in [0.25, 0.3) is 0 Å². The van der Waals surface area contributed by atoms with Crippen LogP contribution in [0, 0.1) is 6.92 Å². The van der Waals surface area contributed by atoms with Gasteiger partial charge in [0.15, 0.2) is 0 Å². The Balaban J connectivity index is 2.14. The second kappa shape index (κ2) is 8.33. The van der Waals surface area contributed by atoms with E-state index in [-0.39, 0.29) is 23.0 Å². The molecule has 2 aromatic rings. The summed E-state index contributed by atoms with van der Waals surface area (Å²) >= 11 is 0. The monoisotopic (exact) mass is 375 g/mol. The summed E-state index contributed by atoms with van der Waals surface area (Å²) in [4.78, 5) is 0.265. The van der Waals surface area contributed by atoms with Gasteiger partial charge in [-0.05, 0) is 42.5 Å². The summed E-state index contributed by atoms with van der Waals surface area (Å²) in [7, 11) is -3.56. The Morgan fingerprint density at radius 2 is 1.58 bits per heavy atom. The summed E-state index contributed by atoms with van der Waals surface area (Å²) in [5.41, 5.74) is 3.30. The van der Waals surface area contributed by atoms with Gasteiger partial charge >= 0.3 is 0 Å². The summed E-state index contributed by atoms with van der Waals surface area (Å²) < 4.78 is 33.5. The van der Waals surface area contributed by atoms with Crippen molar-refractivity contribution >= 4 is 10.0 Å². The van der Waals surface area contributed by atoms with Gasteiger partial charge in [-0.25, -0.2) is 13.1 Å². The highest BCUT2D eigenvalue weighted by atomic mass is 32.2. The van der Waals surface area contributed by atoms with E-state index in [9.17, 15) is 8.42 Å². The fraction of sp³-hybridized carbons (Fsp3) is 0.429. The largest absolute Gasteiger partial charge is 0.372 e. The molecule has 0 aliphatic heterocycles. The third-order valence-corrected chi connectivity index (χ3v) is 5.75. The van der Waals surface area contributed by atoms with Crippen LogP contribution in [0.25, 0.3) is 0 Å². The molecule has 0 spiro atoms. The minimum atomic E-state index is -3.56. The first kappa shape index (κ1) is 20.6. The molecular formula is C21H29NO3S. The third kappa shape index (κ3) is 5.40. The maximum atomic E-state index is 12.5. The first-order valence-corrected chi connectivity index (χ1v) is 10.4. The fourth-order valence-electron chi connectivity index (χ4n) is 2.66. The molecule has 0 aliphatic rings. The average Bonchev–Trinajstić information content (AvgIpc) is 2.58. The molecule has 2 aromatic carbocycles. The summed E-state index contributed by atoms with van der Waals surface area (Å²) in [5.74, 6) is 0. The highest BCUT2D eigenvalue weighted by Crippen LogP contribution is 2.25. The second-order valence-corrected chi connectivity index (χ2v) is 9.25. The van der Waals surface area contributed by atoms with Crippen molar-refractivity contribution in [2.75, 3.05) is 13.2 Å². The molecule has 0 bridgehead atoms. The van der Waals surface area contributed by atoms with E-state index >= 15 is 0 Å². The summed E-state index contributed by atoms with van der Waals surface area (Å²) in [6.07, 6.45) is -0.325. The van der Waals surface area contributed by atoms with Crippen molar-refractivity contribution in [1.82, 2.24) is 4.72 Å². The smallest absolute Gasteiger partial charge is 0.240 e. The molecule has 0 radical (unpaired) electrons. The van der Waals surface area contributed by atoms with Crippen LogP contribution in [0.3, 0.4) is 0 Å². The molecule has 0 unspecified atom stereocenters. The standard InChI is InChI=1S/C21H29NO3S/c1-6-25-20(17-9-11-18(12-10-17)21(3,4)5)15-22-26(23,24)19-13-7-16(2)8-14-19/h7-14,20,22H,6,15H2,1-5H3/t20-/m1/s1. The second-order valence-electron chi connectivity index (χ2n) is 7.48. The SMILES string of the molecule is CCO[C@H](CNS(=O)(=O)c1ccc(C)cc1)c1ccc(C(C)(C)C)cc1. The molecule has 5 heteroatoms. The van der Waals surface area contributed by atoms with Gasteiger partial charge in [0.05, 0.1) is 11.0 Å². The average molecular weight is 376 g/mol. The van der Waals surface area contributed by atoms with Gasteiger partial charge < -0.3 is 4.74 Å². The van der Waals surface area contributed by atoms with Crippen LogP contribution < -0.4 is 4.72 Å². The van der Waals surface area contributed by atoms with Gasteiger partial charge in [0, 0.05) is 13.2 Å². The van der Waals surface area contributed by atoms with Gasteiger partial charge in [0.2, 0.25) is 10.0 Å². The molecule has 0 aliphatic carbocycles. The predicted molar refractivity (Wildman–Crippen MR) is 106 cm³/mol. The Morgan fingerprint density at radius 1 is 1.00 bits per heavy atom. The van der Waals surface area contributed by atoms with Gasteiger partial charge in [0.1, 0.15) is 0 Å². The highest BCUT2D eigenvalue weighted by Gasteiger charge is 2.19. The van der Waals surface area contributed by atoms with Crippen molar-refractivity contribution < 1.29 is 13.2 Å². The molecule has 0 aromatic heterocycles. The first-order chi connectivity index (χ1) is 12.1. The van der Waals surface area contributed by atoms with Crippen LogP contribution in [-0.2, 0) is 20.2 Å². The van der Waals surface area contributed by atoms with Crippen molar-refractivity contribution in [1.29, 1.82) is 0 Å². The molecule has 1 N–H and O–H groups in total. The van der Waals surface area contributed by atoms with E-state index in [1.165, 1.54) is 5.56 Å². The minimum Gasteiger partial charge on any atom is -0.372 e. The van der Waals surface area contributed by atoms with Crippen molar-refractivity contribution in [2.24, 2.45) is 0 Å². The van der Waals surface area contributed by atoms with E-state index in [1.54, 1.807) is 24.3 Å². The molecule has 0 saturated heterocycles. The maximum Gasteiger partial charge on any atom is 0.240 e. The molecule has 2 rings (SSSR count). The van der Waals surface area contributed by atoms with Crippen molar-refractivity contribution in [2.45, 2.75) is 51.0 Å². The van der Waals surface area contributed by atoms with Crippen LogP contribution in [-0.4, -0.2) is 21.6 Å². The number of aryl methyl sites for hydroxylation is 1. The molecule has 4 nitrogen and oxygen atoms in total. The van der Waals surface area contributed by atoms with Gasteiger partial charge in [-0.3, -0.25) is 0 Å². The van der Waals surface area contributed by atoms with Crippen LogP contribution in [0.1, 0.15) is 50.5 Å². The highest BCUT2D eigenvalue weighted by molar-refractivity contribution is 7.89. The maximum absolute atomic E-state index is 12.5. The quantitative estimate of drug-likeness (QED) is 0.783. The molecule has 1 atom stereocenters. The van der Waals surface area contributed by atoms with E-state index < -0.39 is 10.0 Å². The van der Waals surface area contributed by atoms with Gasteiger partial charge in [-0.2, -0.15) is 0 Å². The molecule has 0 heterocycles. The zero-order valence-electron chi connectivity index (χ0n) is 16.2. The molecule has 0 saturated carbocycles. The lowest BCUT2D eigenvalue weighted by molar-refractivity contribution is 0.0661. The van der Waals surface area contributed by atoms with Crippen molar-refractivity contribution in [3.05, 3.63) is 65.2 Å². The number of rotatable bonds is 7. The molecule has 0 amide bonds. The Morgan fingerprint density at radius 3 is 2.08 bits per heavy atom. The van der Waals surface area contributed by atoms with Crippen LogP contribution in [0.15, 0.2) is 53.4 Å². The predicted octanol–water partition coefficient (Wildman–Crippen LogP) is 4.35. The van der Waals surface area contributed by atoms with E-state index in [0.29, 0.717) is 6.61 Å². The molecule has 26 heavy (non-hydrogen) atoms. The van der Waals surface area contributed by atoms with E-state index in [0.717, 1.165) is 11.1 Å². The van der Waals surface area contributed by atoms with Gasteiger partial charge in [-0.1, -0.05) is 62.7 Å². The number of hydrogen-bond acceptors (Lipinski definition) is 3. The Labute approximate surface area is 157 Å². The van der Waals surface area contributed by atoms with Gasteiger partial charge in [-0.15, -0.1) is 0 Å². The Bertz CT molecular complexity index is 804. The van der Waals surface area contributed by atoms with E-state index in [4.69, 9.17) is 4.74 Å². The minimum absolute atomic E-state index is 0.0761. The normalized spacial score (nSPS) is 13.6. The first-order valence-electron chi connectivity index (χ1n) is 8.92. The lowest BCUT2D eigenvalue weighted by Gasteiger charge is -2.22. The third-order valence-electron chi connectivity index (χ3n) is 4.31. The Hall–Kier alpha value is -1.69.